The molecule has 2 heterocycles. The normalized spacial score (nSPS) is 13.3. The van der Waals surface area contributed by atoms with Gasteiger partial charge in [0.15, 0.2) is 11.5 Å². The van der Waals surface area contributed by atoms with Crippen molar-refractivity contribution in [1.82, 2.24) is 9.88 Å². The van der Waals surface area contributed by atoms with Crippen molar-refractivity contribution < 1.29 is 27.4 Å². The van der Waals surface area contributed by atoms with E-state index in [4.69, 9.17) is 9.47 Å². The number of hydrogen-bond donors (Lipinski definition) is 1. The third-order valence-electron chi connectivity index (χ3n) is 4.99. The van der Waals surface area contributed by atoms with Crippen LogP contribution in [-0.2, 0) is 17.8 Å². The van der Waals surface area contributed by atoms with E-state index in [0.717, 1.165) is 5.56 Å². The lowest BCUT2D eigenvalue weighted by Crippen LogP contribution is -2.42. The molecule has 0 fully saturated rings. The number of rotatable bonds is 5. The summed E-state index contributed by atoms with van der Waals surface area (Å²) in [6.07, 6.45) is -4.81. The van der Waals surface area contributed by atoms with Crippen molar-refractivity contribution in [3.05, 3.63) is 70.0 Å². The largest absolute Gasteiger partial charge is 0.486 e. The second kappa shape index (κ2) is 8.33. The second-order valence-corrected chi connectivity index (χ2v) is 7.17. The van der Waals surface area contributed by atoms with Crippen LogP contribution in [0.4, 0.5) is 13.2 Å². The zero-order valence-electron chi connectivity index (χ0n) is 16.4. The molecule has 6 nitrogen and oxygen atoms in total. The molecular weight excluding hydrogens is 413 g/mol. The number of ether oxygens (including phenoxy) is 2. The fourth-order valence-corrected chi connectivity index (χ4v) is 3.45. The molecule has 1 aliphatic heterocycles. The molecule has 0 unspecified atom stereocenters. The molecule has 0 atom stereocenters. The van der Waals surface area contributed by atoms with Gasteiger partial charge in [-0.15, -0.1) is 0 Å². The monoisotopic (exact) mass is 432 g/mol. The Kier molecular flexibility index (Phi) is 5.58. The Hall–Kier alpha value is -3.49. The Balaban J connectivity index is 1.63. The number of nitrogens with zero attached hydrogens (tertiary/aromatic N) is 1. The first kappa shape index (κ1) is 20.8. The molecule has 162 valence electrons. The number of alkyl halides is 3. The highest BCUT2D eigenvalue weighted by atomic mass is 19.4. The standard InChI is InChI=1S/C22H19F3N2O4/c23-22(24,25)21(29)27(7-6-14-4-2-1-3-5-14)13-16-10-15-11-18-19(31-9-8-30-18)12-17(15)26-20(16)28/h1-5,10-12H,6-9,13H2,(H,26,28). The maximum atomic E-state index is 13.2. The van der Waals surface area contributed by atoms with Crippen LogP contribution < -0.4 is 15.0 Å². The highest BCUT2D eigenvalue weighted by Crippen LogP contribution is 2.33. The number of fused-ring (bicyclic) bond motifs is 2. The van der Waals surface area contributed by atoms with Gasteiger partial charge in [-0.2, -0.15) is 13.2 Å². The van der Waals surface area contributed by atoms with Crippen molar-refractivity contribution in [3.8, 4) is 11.5 Å². The zero-order valence-corrected chi connectivity index (χ0v) is 16.4. The van der Waals surface area contributed by atoms with Crippen molar-refractivity contribution in [2.75, 3.05) is 19.8 Å². The van der Waals surface area contributed by atoms with Gasteiger partial charge in [0.1, 0.15) is 13.2 Å². The Morgan fingerprint density at radius 3 is 2.39 bits per heavy atom. The maximum absolute atomic E-state index is 13.2. The third-order valence-corrected chi connectivity index (χ3v) is 4.99. The van der Waals surface area contributed by atoms with Gasteiger partial charge >= 0.3 is 12.1 Å². The van der Waals surface area contributed by atoms with E-state index in [0.29, 0.717) is 40.5 Å². The SMILES string of the molecule is O=C(N(CCc1ccccc1)Cc1cc2cc3c(cc2[nH]c1=O)OCCO3)C(F)(F)F. The number of hydrogen-bond acceptors (Lipinski definition) is 4. The molecule has 31 heavy (non-hydrogen) atoms. The lowest BCUT2D eigenvalue weighted by atomic mass is 10.1. The van der Waals surface area contributed by atoms with Crippen LogP contribution in [0.15, 0.2) is 53.3 Å². The van der Waals surface area contributed by atoms with E-state index in [-0.39, 0.29) is 18.5 Å². The zero-order chi connectivity index (χ0) is 22.0. The minimum Gasteiger partial charge on any atom is -0.486 e. The third kappa shape index (κ3) is 4.65. The number of aromatic amines is 1. The molecule has 3 aromatic rings. The minimum absolute atomic E-state index is 0.0508. The van der Waals surface area contributed by atoms with Gasteiger partial charge in [-0.25, -0.2) is 0 Å². The van der Waals surface area contributed by atoms with E-state index in [2.05, 4.69) is 4.98 Å². The van der Waals surface area contributed by atoms with Crippen LogP contribution in [0.1, 0.15) is 11.1 Å². The van der Waals surface area contributed by atoms with Gasteiger partial charge in [0.25, 0.3) is 5.56 Å². The highest BCUT2D eigenvalue weighted by Gasteiger charge is 2.42. The molecule has 0 spiro atoms. The first-order chi connectivity index (χ1) is 14.8. The van der Waals surface area contributed by atoms with E-state index < -0.39 is 24.2 Å². The molecule has 9 heteroatoms. The average Bonchev–Trinajstić information content (AvgIpc) is 2.75. The van der Waals surface area contributed by atoms with Crippen LogP contribution in [0.2, 0.25) is 0 Å². The maximum Gasteiger partial charge on any atom is 0.471 e. The van der Waals surface area contributed by atoms with Crippen LogP contribution in [0.5, 0.6) is 11.5 Å². The highest BCUT2D eigenvalue weighted by molar-refractivity contribution is 5.84. The van der Waals surface area contributed by atoms with Crippen LogP contribution in [0.3, 0.4) is 0 Å². The van der Waals surface area contributed by atoms with Crippen molar-refractivity contribution in [3.63, 3.8) is 0 Å². The van der Waals surface area contributed by atoms with Crippen molar-refractivity contribution in [2.45, 2.75) is 19.1 Å². The number of carbonyl (C=O) groups is 1. The number of carbonyl (C=O) groups excluding carboxylic acids is 1. The first-order valence-electron chi connectivity index (χ1n) is 9.67. The van der Waals surface area contributed by atoms with Crippen LogP contribution >= 0.6 is 0 Å². The van der Waals surface area contributed by atoms with Gasteiger partial charge in [-0.3, -0.25) is 9.59 Å². The van der Waals surface area contributed by atoms with Crippen LogP contribution in [0, 0.1) is 0 Å². The van der Waals surface area contributed by atoms with Crippen LogP contribution in [0.25, 0.3) is 10.9 Å². The molecule has 4 rings (SSSR count). The lowest BCUT2D eigenvalue weighted by Gasteiger charge is -2.24. The van der Waals surface area contributed by atoms with Crippen LogP contribution in [-0.4, -0.2) is 41.7 Å². The summed E-state index contributed by atoms with van der Waals surface area (Å²) in [5.74, 6) is -1.01. The number of aromatic nitrogens is 1. The lowest BCUT2D eigenvalue weighted by molar-refractivity contribution is -0.186. The molecule has 1 aromatic heterocycles. The van der Waals surface area contributed by atoms with E-state index >= 15 is 0 Å². The number of amides is 1. The van der Waals surface area contributed by atoms with E-state index in [1.165, 1.54) is 6.07 Å². The Bertz CT molecular complexity index is 1160. The summed E-state index contributed by atoms with van der Waals surface area (Å²) >= 11 is 0. The van der Waals surface area contributed by atoms with Gasteiger partial charge in [0.05, 0.1) is 12.1 Å². The summed E-state index contributed by atoms with van der Waals surface area (Å²) in [5, 5.41) is 0.571. The molecular formula is C22H19F3N2O4. The Morgan fingerprint density at radius 1 is 1.03 bits per heavy atom. The van der Waals surface area contributed by atoms with Gasteiger partial charge in [0.2, 0.25) is 0 Å². The molecule has 0 saturated carbocycles. The number of halogens is 3. The summed E-state index contributed by atoms with van der Waals surface area (Å²) in [4.78, 5) is 27.9. The molecule has 0 aliphatic carbocycles. The van der Waals surface area contributed by atoms with Gasteiger partial charge in [-0.1, -0.05) is 30.3 Å². The van der Waals surface area contributed by atoms with Crippen molar-refractivity contribution >= 4 is 16.8 Å². The second-order valence-electron chi connectivity index (χ2n) is 7.17. The fraction of sp³-hybridized carbons (Fsp3) is 0.273. The summed E-state index contributed by atoms with van der Waals surface area (Å²) in [7, 11) is 0. The van der Waals surface area contributed by atoms with Crippen molar-refractivity contribution in [1.29, 1.82) is 0 Å². The summed E-state index contributed by atoms with van der Waals surface area (Å²) < 4.78 is 50.5. The molecule has 1 amide bonds. The quantitative estimate of drug-likeness (QED) is 0.671. The Morgan fingerprint density at radius 2 is 1.71 bits per heavy atom. The Labute approximate surface area is 175 Å². The predicted octanol–water partition coefficient (Wildman–Crippen LogP) is 3.43. The van der Waals surface area contributed by atoms with Gasteiger partial charge < -0.3 is 19.4 Å². The molecule has 1 N–H and O–H groups in total. The number of pyridine rings is 1. The number of nitrogens with one attached hydrogen (secondary N) is 1. The topological polar surface area (TPSA) is 71.6 Å². The molecule has 0 bridgehead atoms. The molecule has 2 aromatic carbocycles. The van der Waals surface area contributed by atoms with E-state index in [1.54, 1.807) is 42.5 Å². The first-order valence-corrected chi connectivity index (χ1v) is 9.67. The summed E-state index contributed by atoms with van der Waals surface area (Å²) in [6, 6.07) is 13.6. The predicted molar refractivity (Wildman–Crippen MR) is 107 cm³/mol. The minimum atomic E-state index is -5.04. The molecule has 0 radical (unpaired) electrons. The van der Waals surface area contributed by atoms with Crippen molar-refractivity contribution in [2.24, 2.45) is 0 Å². The van der Waals surface area contributed by atoms with E-state index in [1.807, 2.05) is 0 Å². The summed E-state index contributed by atoms with van der Waals surface area (Å²) in [5.41, 5.74) is 0.744. The smallest absolute Gasteiger partial charge is 0.471 e. The summed E-state index contributed by atoms with van der Waals surface area (Å²) in [6.45, 7) is 0.116. The van der Waals surface area contributed by atoms with Gasteiger partial charge in [-0.05, 0) is 24.1 Å². The number of H-pyrrole nitrogens is 1. The molecule has 1 aliphatic rings. The average molecular weight is 432 g/mol. The fourth-order valence-electron chi connectivity index (χ4n) is 3.45. The van der Waals surface area contributed by atoms with E-state index in [9.17, 15) is 22.8 Å². The number of benzene rings is 2. The van der Waals surface area contributed by atoms with Gasteiger partial charge in [0, 0.05) is 23.6 Å². The molecule has 0 saturated heterocycles.